The summed E-state index contributed by atoms with van der Waals surface area (Å²) in [6.07, 6.45) is 1.59. The minimum atomic E-state index is 0.528. The number of benzene rings is 2. The van der Waals surface area contributed by atoms with E-state index in [0.717, 1.165) is 22.2 Å². The van der Waals surface area contributed by atoms with Crippen LogP contribution in [0.1, 0.15) is 11.1 Å². The highest BCUT2D eigenvalue weighted by atomic mass is 35.5. The van der Waals surface area contributed by atoms with Crippen LogP contribution in [0.3, 0.4) is 0 Å². The zero-order valence-electron chi connectivity index (χ0n) is 11.2. The quantitative estimate of drug-likeness (QED) is 0.780. The summed E-state index contributed by atoms with van der Waals surface area (Å²) in [5, 5.41) is 14.2. The standard InChI is InChI=1S/C17H12ClN3/c18-15-7-3-1-5-12(15)10-21-17-13(9-19)11-20-16-8-4-2-6-14(16)17/h1-8,11H,10H2,(H,20,21). The average molecular weight is 294 g/mol. The molecule has 0 amide bonds. The summed E-state index contributed by atoms with van der Waals surface area (Å²) in [5.41, 5.74) is 3.17. The van der Waals surface area contributed by atoms with Gasteiger partial charge >= 0.3 is 0 Å². The van der Waals surface area contributed by atoms with Crippen molar-refractivity contribution in [2.24, 2.45) is 0 Å². The molecule has 0 aliphatic heterocycles. The zero-order valence-corrected chi connectivity index (χ0v) is 11.9. The van der Waals surface area contributed by atoms with Gasteiger partial charge in [-0.2, -0.15) is 5.26 Å². The van der Waals surface area contributed by atoms with Crippen molar-refractivity contribution in [2.75, 3.05) is 5.32 Å². The Morgan fingerprint density at radius 2 is 1.86 bits per heavy atom. The highest BCUT2D eigenvalue weighted by molar-refractivity contribution is 6.31. The maximum atomic E-state index is 9.27. The molecule has 0 saturated carbocycles. The third-order valence-corrected chi connectivity index (χ3v) is 3.68. The molecule has 0 unspecified atom stereocenters. The summed E-state index contributed by atoms with van der Waals surface area (Å²) < 4.78 is 0. The SMILES string of the molecule is N#Cc1cnc2ccccc2c1NCc1ccccc1Cl. The summed E-state index contributed by atoms with van der Waals surface area (Å²) in [4.78, 5) is 4.30. The molecule has 0 saturated heterocycles. The van der Waals surface area contributed by atoms with Gasteiger partial charge in [-0.3, -0.25) is 4.98 Å². The van der Waals surface area contributed by atoms with Gasteiger partial charge in [0.15, 0.2) is 0 Å². The Hall–Kier alpha value is -2.57. The first kappa shape index (κ1) is 13.4. The summed E-state index contributed by atoms with van der Waals surface area (Å²) in [7, 11) is 0. The number of para-hydroxylation sites is 1. The molecule has 0 aliphatic carbocycles. The largest absolute Gasteiger partial charge is 0.379 e. The molecule has 3 aromatic rings. The van der Waals surface area contributed by atoms with Crippen molar-refractivity contribution in [1.82, 2.24) is 4.98 Å². The number of hydrogen-bond acceptors (Lipinski definition) is 3. The van der Waals surface area contributed by atoms with Gasteiger partial charge in [-0.25, -0.2) is 0 Å². The van der Waals surface area contributed by atoms with E-state index in [1.165, 1.54) is 0 Å². The van der Waals surface area contributed by atoms with Gasteiger partial charge in [0.05, 0.1) is 16.8 Å². The van der Waals surface area contributed by atoms with E-state index in [2.05, 4.69) is 16.4 Å². The van der Waals surface area contributed by atoms with E-state index in [1.54, 1.807) is 6.20 Å². The van der Waals surface area contributed by atoms with Crippen molar-refractivity contribution < 1.29 is 0 Å². The molecule has 0 atom stereocenters. The third kappa shape index (κ3) is 2.67. The van der Waals surface area contributed by atoms with Crippen LogP contribution in [-0.2, 0) is 6.54 Å². The molecule has 1 aromatic heterocycles. The molecule has 21 heavy (non-hydrogen) atoms. The highest BCUT2D eigenvalue weighted by Gasteiger charge is 2.08. The number of nitrogens with zero attached hydrogens (tertiary/aromatic N) is 2. The van der Waals surface area contributed by atoms with Crippen LogP contribution < -0.4 is 5.32 Å². The van der Waals surface area contributed by atoms with Gasteiger partial charge in [-0.15, -0.1) is 0 Å². The first-order valence-corrected chi connectivity index (χ1v) is 6.92. The van der Waals surface area contributed by atoms with Crippen molar-refractivity contribution in [1.29, 1.82) is 5.26 Å². The van der Waals surface area contributed by atoms with Crippen molar-refractivity contribution in [3.8, 4) is 6.07 Å². The van der Waals surface area contributed by atoms with Crippen LogP contribution in [0.15, 0.2) is 54.7 Å². The second kappa shape index (κ2) is 5.82. The lowest BCUT2D eigenvalue weighted by molar-refractivity contribution is 1.15. The Kier molecular flexibility index (Phi) is 3.72. The van der Waals surface area contributed by atoms with Gasteiger partial charge in [-0.05, 0) is 17.7 Å². The Bertz CT molecular complexity index is 837. The minimum absolute atomic E-state index is 0.528. The summed E-state index contributed by atoms with van der Waals surface area (Å²) in [6.45, 7) is 0.558. The molecule has 102 valence electrons. The van der Waals surface area contributed by atoms with Crippen molar-refractivity contribution >= 4 is 28.2 Å². The molecule has 2 aromatic carbocycles. The first-order chi connectivity index (χ1) is 10.3. The second-order valence-electron chi connectivity index (χ2n) is 4.62. The molecule has 1 heterocycles. The van der Waals surface area contributed by atoms with Crippen LogP contribution in [0.4, 0.5) is 5.69 Å². The van der Waals surface area contributed by atoms with Crippen molar-refractivity contribution in [3.63, 3.8) is 0 Å². The lowest BCUT2D eigenvalue weighted by atomic mass is 10.1. The second-order valence-corrected chi connectivity index (χ2v) is 5.03. The lowest BCUT2D eigenvalue weighted by Gasteiger charge is -2.12. The van der Waals surface area contributed by atoms with E-state index in [9.17, 15) is 5.26 Å². The lowest BCUT2D eigenvalue weighted by Crippen LogP contribution is -2.03. The monoisotopic (exact) mass is 293 g/mol. The predicted octanol–water partition coefficient (Wildman–Crippen LogP) is 4.37. The molecule has 1 N–H and O–H groups in total. The van der Waals surface area contributed by atoms with Crippen molar-refractivity contribution in [2.45, 2.75) is 6.54 Å². The Morgan fingerprint density at radius 1 is 1.10 bits per heavy atom. The fourth-order valence-corrected chi connectivity index (χ4v) is 2.44. The number of pyridine rings is 1. The van der Waals surface area contributed by atoms with E-state index in [-0.39, 0.29) is 0 Å². The molecular formula is C17H12ClN3. The van der Waals surface area contributed by atoms with Gasteiger partial charge in [0.2, 0.25) is 0 Å². The molecular weight excluding hydrogens is 282 g/mol. The van der Waals surface area contributed by atoms with Gasteiger partial charge in [0.25, 0.3) is 0 Å². The van der Waals surface area contributed by atoms with Crippen LogP contribution in [0.5, 0.6) is 0 Å². The Labute approximate surface area is 127 Å². The number of rotatable bonds is 3. The van der Waals surface area contributed by atoms with E-state index < -0.39 is 0 Å². The van der Waals surface area contributed by atoms with Crippen LogP contribution in [0.25, 0.3) is 10.9 Å². The molecule has 0 spiro atoms. The van der Waals surface area contributed by atoms with E-state index in [4.69, 9.17) is 11.6 Å². The average Bonchev–Trinajstić information content (AvgIpc) is 2.53. The number of anilines is 1. The highest BCUT2D eigenvalue weighted by Crippen LogP contribution is 2.26. The first-order valence-electron chi connectivity index (χ1n) is 6.54. The number of nitrogens with one attached hydrogen (secondary N) is 1. The summed E-state index contributed by atoms with van der Waals surface area (Å²) in [5.74, 6) is 0. The fourth-order valence-electron chi connectivity index (χ4n) is 2.24. The molecule has 0 radical (unpaired) electrons. The third-order valence-electron chi connectivity index (χ3n) is 3.31. The van der Waals surface area contributed by atoms with E-state index in [1.807, 2.05) is 48.5 Å². The smallest absolute Gasteiger partial charge is 0.103 e. The molecule has 4 heteroatoms. The van der Waals surface area contributed by atoms with E-state index >= 15 is 0 Å². The fraction of sp³-hybridized carbons (Fsp3) is 0.0588. The number of fused-ring (bicyclic) bond motifs is 1. The molecule has 0 fully saturated rings. The zero-order chi connectivity index (χ0) is 14.7. The predicted molar refractivity (Wildman–Crippen MR) is 85.2 cm³/mol. The number of halogens is 1. The molecule has 3 rings (SSSR count). The number of hydrogen-bond donors (Lipinski definition) is 1. The Morgan fingerprint density at radius 3 is 2.67 bits per heavy atom. The van der Waals surface area contributed by atoms with Gasteiger partial charge < -0.3 is 5.32 Å². The summed E-state index contributed by atoms with van der Waals surface area (Å²) >= 11 is 6.17. The van der Waals surface area contributed by atoms with E-state index in [0.29, 0.717) is 17.1 Å². The topological polar surface area (TPSA) is 48.7 Å². The summed E-state index contributed by atoms with van der Waals surface area (Å²) in [6, 6.07) is 17.6. The van der Waals surface area contributed by atoms with Crippen LogP contribution in [0, 0.1) is 11.3 Å². The maximum Gasteiger partial charge on any atom is 0.103 e. The van der Waals surface area contributed by atoms with Crippen LogP contribution in [-0.4, -0.2) is 4.98 Å². The Balaban J connectivity index is 2.00. The maximum absolute atomic E-state index is 9.27. The van der Waals surface area contributed by atoms with Crippen LogP contribution in [0.2, 0.25) is 5.02 Å². The number of nitriles is 1. The molecule has 3 nitrogen and oxygen atoms in total. The molecule has 0 aliphatic rings. The molecule has 0 bridgehead atoms. The van der Waals surface area contributed by atoms with Gasteiger partial charge in [0.1, 0.15) is 6.07 Å². The van der Waals surface area contributed by atoms with Crippen molar-refractivity contribution in [3.05, 3.63) is 70.9 Å². The van der Waals surface area contributed by atoms with Gasteiger partial charge in [0, 0.05) is 23.2 Å². The van der Waals surface area contributed by atoms with Gasteiger partial charge in [-0.1, -0.05) is 48.0 Å². The number of aromatic nitrogens is 1. The minimum Gasteiger partial charge on any atom is -0.379 e. The normalized spacial score (nSPS) is 10.3. The van der Waals surface area contributed by atoms with Crippen LogP contribution >= 0.6 is 11.6 Å².